The topological polar surface area (TPSA) is 121 Å². The molecule has 2 heterocycles. The number of fused-ring (bicyclic) bond motifs is 5. The molecule has 1 saturated heterocycles. The Kier molecular flexibility index (Phi) is 7.62. The van der Waals surface area contributed by atoms with E-state index >= 15 is 0 Å². The lowest BCUT2D eigenvalue weighted by Gasteiger charge is -2.63. The molecule has 230 valence electrons. The van der Waals surface area contributed by atoms with E-state index < -0.39 is 23.2 Å². The van der Waals surface area contributed by atoms with Gasteiger partial charge in [0.1, 0.15) is 18.8 Å². The van der Waals surface area contributed by atoms with Crippen LogP contribution in [0.15, 0.2) is 11.6 Å². The van der Waals surface area contributed by atoms with Crippen LogP contribution in [0.2, 0.25) is 0 Å². The minimum atomic E-state index is -0.990. The van der Waals surface area contributed by atoms with E-state index in [1.54, 1.807) is 13.2 Å². The highest BCUT2D eigenvalue weighted by Crippen LogP contribution is 2.70. The molecule has 9 heteroatoms. The summed E-state index contributed by atoms with van der Waals surface area (Å²) in [6, 6.07) is 0. The van der Waals surface area contributed by atoms with Crippen LogP contribution in [0.4, 0.5) is 0 Å². The van der Waals surface area contributed by atoms with E-state index in [1.807, 2.05) is 6.92 Å². The fourth-order valence-corrected chi connectivity index (χ4v) is 10.4. The van der Waals surface area contributed by atoms with Crippen molar-refractivity contribution < 1.29 is 43.5 Å². The van der Waals surface area contributed by atoms with Gasteiger partial charge in [0.05, 0.1) is 23.9 Å². The number of carbonyl (C=O) groups is 2. The van der Waals surface area contributed by atoms with E-state index in [-0.39, 0.29) is 60.4 Å². The van der Waals surface area contributed by atoms with E-state index in [9.17, 15) is 19.8 Å². The average Bonchev–Trinajstić information content (AvgIpc) is 3.42. The van der Waals surface area contributed by atoms with Crippen LogP contribution in [0.25, 0.3) is 0 Å². The molecule has 5 fully saturated rings. The minimum absolute atomic E-state index is 0.0898. The fourth-order valence-electron chi connectivity index (χ4n) is 10.4. The van der Waals surface area contributed by atoms with Gasteiger partial charge < -0.3 is 33.9 Å². The second-order valence-corrected chi connectivity index (χ2v) is 14.3. The van der Waals surface area contributed by atoms with Crippen molar-refractivity contribution in [3.63, 3.8) is 0 Å². The van der Waals surface area contributed by atoms with Crippen molar-refractivity contribution in [2.24, 2.45) is 34.5 Å². The minimum Gasteiger partial charge on any atom is -0.462 e. The molecule has 0 unspecified atom stereocenters. The monoisotopic (exact) mass is 576 g/mol. The molecule has 0 spiro atoms. The second kappa shape index (κ2) is 10.6. The number of esters is 2. The summed E-state index contributed by atoms with van der Waals surface area (Å²) in [6.45, 7) is 8.06. The smallest absolute Gasteiger partial charge is 0.331 e. The van der Waals surface area contributed by atoms with Crippen LogP contribution in [0, 0.1) is 34.5 Å². The molecule has 0 aromatic rings. The Morgan fingerprint density at radius 1 is 1.07 bits per heavy atom. The third-order valence-corrected chi connectivity index (χ3v) is 12.5. The second-order valence-electron chi connectivity index (χ2n) is 14.3. The van der Waals surface area contributed by atoms with Gasteiger partial charge in [-0.1, -0.05) is 13.8 Å². The summed E-state index contributed by atoms with van der Waals surface area (Å²) in [5.74, 6) is 0.0175. The van der Waals surface area contributed by atoms with Crippen LogP contribution in [0.5, 0.6) is 0 Å². The number of methoxy groups -OCH3 is 1. The maximum absolute atomic E-state index is 12.7. The normalized spacial score (nSPS) is 51.2. The summed E-state index contributed by atoms with van der Waals surface area (Å²) >= 11 is 0. The van der Waals surface area contributed by atoms with E-state index in [1.165, 1.54) is 6.92 Å². The lowest BCUT2D eigenvalue weighted by molar-refractivity contribution is -0.273. The van der Waals surface area contributed by atoms with Gasteiger partial charge in [-0.15, -0.1) is 0 Å². The predicted octanol–water partition coefficient (Wildman–Crippen LogP) is 3.68. The molecule has 0 radical (unpaired) electrons. The molecular formula is C32H48O9. The molecule has 6 aliphatic rings. The van der Waals surface area contributed by atoms with Crippen molar-refractivity contribution >= 4 is 11.9 Å². The van der Waals surface area contributed by atoms with E-state index in [2.05, 4.69) is 13.8 Å². The molecule has 9 nitrogen and oxygen atoms in total. The van der Waals surface area contributed by atoms with Gasteiger partial charge in [-0.05, 0) is 80.6 Å². The standard InChI is InChI=1S/C32H48O9/c1-17-29(35)24(37-5)14-27(39-17)41-21-8-10-30(3)20(13-21)6-7-23-22(30)9-11-31(4)28(19-12-26(34)38-16-19)25(40-18(2)33)15-32(23,31)36/h12,17,20-25,27-29,35-36H,6-11,13-16H2,1-5H3/t17-,20+,21+,22+,23-,24-,25+,27+,28+,29+,30+,31-,32+/m1/s1. The molecule has 0 aromatic heterocycles. The maximum Gasteiger partial charge on any atom is 0.331 e. The Balaban J connectivity index is 1.19. The van der Waals surface area contributed by atoms with Crippen molar-refractivity contribution in [3.05, 3.63) is 11.6 Å². The van der Waals surface area contributed by atoms with Gasteiger partial charge in [0.25, 0.3) is 0 Å². The highest BCUT2D eigenvalue weighted by atomic mass is 16.7. The van der Waals surface area contributed by atoms with Crippen molar-refractivity contribution in [3.8, 4) is 0 Å². The molecule has 0 bridgehead atoms. The Labute approximate surface area is 243 Å². The molecule has 4 saturated carbocycles. The molecule has 2 N–H and O–H groups in total. The molecule has 41 heavy (non-hydrogen) atoms. The third-order valence-electron chi connectivity index (χ3n) is 12.5. The summed E-state index contributed by atoms with van der Waals surface area (Å²) < 4.78 is 29.1. The van der Waals surface area contributed by atoms with Crippen LogP contribution in [0.3, 0.4) is 0 Å². The Morgan fingerprint density at radius 2 is 1.85 bits per heavy atom. The van der Waals surface area contributed by atoms with Crippen molar-refractivity contribution in [1.82, 2.24) is 0 Å². The van der Waals surface area contributed by atoms with Gasteiger partial charge in [0.15, 0.2) is 6.29 Å². The van der Waals surface area contributed by atoms with Gasteiger partial charge in [-0.3, -0.25) is 4.79 Å². The number of cyclic esters (lactones) is 1. The summed E-state index contributed by atoms with van der Waals surface area (Å²) in [6.07, 6.45) is 7.14. The van der Waals surface area contributed by atoms with Crippen molar-refractivity contribution in [2.75, 3.05) is 13.7 Å². The first-order valence-electron chi connectivity index (χ1n) is 15.7. The first-order valence-corrected chi connectivity index (χ1v) is 15.7. The number of rotatable bonds is 5. The van der Waals surface area contributed by atoms with Gasteiger partial charge in [0.2, 0.25) is 0 Å². The SMILES string of the molecule is CO[C@@H]1C[C@H](O[C@H]2CC[C@@]3(C)[C@@H](CC[C@@H]4[C@@H]3CC[C@]3(C)[C@@H](C5=CC(=O)OC5)[C@@H](OC(C)=O)C[C@]43O)C2)O[C@H](C)[C@@H]1O. The van der Waals surface area contributed by atoms with E-state index in [4.69, 9.17) is 23.7 Å². The molecule has 13 atom stereocenters. The number of hydrogen-bond donors (Lipinski definition) is 2. The molecule has 4 aliphatic carbocycles. The Morgan fingerprint density at radius 3 is 2.54 bits per heavy atom. The Bertz CT molecular complexity index is 1080. The fraction of sp³-hybridized carbons (Fsp3) is 0.875. The average molecular weight is 577 g/mol. The Hall–Kier alpha value is -1.52. The van der Waals surface area contributed by atoms with E-state index in [0.29, 0.717) is 24.7 Å². The summed E-state index contributed by atoms with van der Waals surface area (Å²) in [4.78, 5) is 24.2. The number of aliphatic hydroxyl groups excluding tert-OH is 1. The molecule has 0 aromatic carbocycles. The summed E-state index contributed by atoms with van der Waals surface area (Å²) in [7, 11) is 1.62. The first kappa shape index (κ1) is 29.5. The maximum atomic E-state index is 12.7. The van der Waals surface area contributed by atoms with E-state index in [0.717, 1.165) is 50.5 Å². The third kappa shape index (κ3) is 4.69. The van der Waals surface area contributed by atoms with Gasteiger partial charge in [-0.25, -0.2) is 4.79 Å². The van der Waals surface area contributed by atoms with Crippen LogP contribution >= 0.6 is 0 Å². The lowest BCUT2D eigenvalue weighted by atomic mass is 9.43. The van der Waals surface area contributed by atoms with Gasteiger partial charge >= 0.3 is 11.9 Å². The highest BCUT2D eigenvalue weighted by Gasteiger charge is 2.71. The zero-order valence-electron chi connectivity index (χ0n) is 25.2. The van der Waals surface area contributed by atoms with Crippen molar-refractivity contribution in [1.29, 1.82) is 0 Å². The van der Waals surface area contributed by atoms with Crippen LogP contribution in [0.1, 0.15) is 85.5 Å². The number of aliphatic hydroxyl groups is 2. The van der Waals surface area contributed by atoms with Gasteiger partial charge in [0, 0.05) is 44.3 Å². The summed E-state index contributed by atoms with van der Waals surface area (Å²) in [5.41, 5.74) is -0.559. The highest BCUT2D eigenvalue weighted by molar-refractivity contribution is 5.85. The zero-order chi connectivity index (χ0) is 29.3. The van der Waals surface area contributed by atoms with Gasteiger partial charge in [-0.2, -0.15) is 0 Å². The predicted molar refractivity (Wildman–Crippen MR) is 147 cm³/mol. The molecule has 6 rings (SSSR count). The number of ether oxygens (including phenoxy) is 5. The largest absolute Gasteiger partial charge is 0.462 e. The molecule has 0 amide bonds. The number of hydrogen-bond acceptors (Lipinski definition) is 9. The first-order chi connectivity index (χ1) is 19.4. The number of carbonyl (C=O) groups excluding carboxylic acids is 2. The lowest BCUT2D eigenvalue weighted by Crippen LogP contribution is -2.62. The van der Waals surface area contributed by atoms with Crippen LogP contribution in [-0.4, -0.2) is 78.3 Å². The van der Waals surface area contributed by atoms with Crippen LogP contribution < -0.4 is 0 Å². The van der Waals surface area contributed by atoms with Crippen molar-refractivity contribution in [2.45, 2.75) is 128 Å². The summed E-state index contributed by atoms with van der Waals surface area (Å²) in [5, 5.41) is 23.0. The zero-order valence-corrected chi connectivity index (χ0v) is 25.2. The quantitative estimate of drug-likeness (QED) is 0.373. The molecular weight excluding hydrogens is 528 g/mol. The molecule has 2 aliphatic heterocycles. The van der Waals surface area contributed by atoms with Crippen LogP contribution in [-0.2, 0) is 33.3 Å².